The SMILES string of the molecule is Cc1c(C(=O)NC2CCCCCC2CO)cnn1C1CCCC1. The minimum Gasteiger partial charge on any atom is -0.396 e. The molecule has 2 atom stereocenters. The number of nitrogens with zero attached hydrogens (tertiary/aromatic N) is 2. The van der Waals surface area contributed by atoms with Gasteiger partial charge in [-0.25, -0.2) is 0 Å². The van der Waals surface area contributed by atoms with Crippen LogP contribution in [0.25, 0.3) is 0 Å². The van der Waals surface area contributed by atoms with Gasteiger partial charge in [-0.15, -0.1) is 0 Å². The molecule has 23 heavy (non-hydrogen) atoms. The molecule has 2 unspecified atom stereocenters. The summed E-state index contributed by atoms with van der Waals surface area (Å²) < 4.78 is 2.04. The average molecular weight is 319 g/mol. The number of aliphatic hydroxyl groups excluding tert-OH is 1. The lowest BCUT2D eigenvalue weighted by molar-refractivity contribution is 0.0898. The fourth-order valence-electron chi connectivity index (χ4n) is 4.20. The van der Waals surface area contributed by atoms with Crippen molar-refractivity contribution in [2.75, 3.05) is 6.61 Å². The Morgan fingerprint density at radius 1 is 1.22 bits per heavy atom. The molecule has 0 radical (unpaired) electrons. The molecule has 2 saturated carbocycles. The summed E-state index contributed by atoms with van der Waals surface area (Å²) in [6, 6.07) is 0.545. The summed E-state index contributed by atoms with van der Waals surface area (Å²) in [6.45, 7) is 2.15. The summed E-state index contributed by atoms with van der Waals surface area (Å²) in [7, 11) is 0. The third kappa shape index (κ3) is 3.60. The van der Waals surface area contributed by atoms with Gasteiger partial charge in [-0.1, -0.05) is 32.1 Å². The van der Waals surface area contributed by atoms with E-state index in [9.17, 15) is 9.90 Å². The Hall–Kier alpha value is -1.36. The molecule has 0 aliphatic heterocycles. The minimum atomic E-state index is -0.0305. The van der Waals surface area contributed by atoms with E-state index in [0.717, 1.165) is 31.4 Å². The Morgan fingerprint density at radius 3 is 2.65 bits per heavy atom. The van der Waals surface area contributed by atoms with Crippen LogP contribution >= 0.6 is 0 Å². The van der Waals surface area contributed by atoms with Crippen LogP contribution in [0.15, 0.2) is 6.20 Å². The molecule has 1 aromatic heterocycles. The summed E-state index contributed by atoms with van der Waals surface area (Å²) >= 11 is 0. The Kier molecular flexibility index (Phi) is 5.36. The number of aliphatic hydroxyl groups is 1. The van der Waals surface area contributed by atoms with Crippen LogP contribution in [0, 0.1) is 12.8 Å². The number of rotatable bonds is 4. The first-order valence-corrected chi connectivity index (χ1v) is 9.16. The molecule has 0 aromatic carbocycles. The monoisotopic (exact) mass is 319 g/mol. The molecule has 2 fully saturated rings. The molecule has 1 aromatic rings. The van der Waals surface area contributed by atoms with Gasteiger partial charge < -0.3 is 10.4 Å². The molecule has 5 nitrogen and oxygen atoms in total. The van der Waals surface area contributed by atoms with Gasteiger partial charge in [0.2, 0.25) is 0 Å². The molecule has 2 aliphatic carbocycles. The van der Waals surface area contributed by atoms with Crippen LogP contribution in [0.2, 0.25) is 0 Å². The number of aromatic nitrogens is 2. The third-order valence-electron chi connectivity index (χ3n) is 5.67. The maximum Gasteiger partial charge on any atom is 0.254 e. The predicted octanol–water partition coefficient (Wildman–Crippen LogP) is 2.98. The first kappa shape index (κ1) is 16.5. The van der Waals surface area contributed by atoms with E-state index in [1.165, 1.54) is 32.1 Å². The lowest BCUT2D eigenvalue weighted by Gasteiger charge is -2.24. The van der Waals surface area contributed by atoms with Gasteiger partial charge in [0.1, 0.15) is 0 Å². The van der Waals surface area contributed by atoms with Crippen molar-refractivity contribution in [1.29, 1.82) is 0 Å². The normalized spacial score (nSPS) is 26.2. The van der Waals surface area contributed by atoms with Crippen LogP contribution in [0.4, 0.5) is 0 Å². The van der Waals surface area contributed by atoms with Crippen LogP contribution in [0.5, 0.6) is 0 Å². The molecule has 1 amide bonds. The van der Waals surface area contributed by atoms with Gasteiger partial charge in [0, 0.05) is 24.3 Å². The zero-order chi connectivity index (χ0) is 16.2. The maximum absolute atomic E-state index is 12.7. The van der Waals surface area contributed by atoms with Crippen molar-refractivity contribution in [3.63, 3.8) is 0 Å². The maximum atomic E-state index is 12.7. The Bertz CT molecular complexity index is 534. The summed E-state index contributed by atoms with van der Waals surface area (Å²) in [5.74, 6) is 0.156. The standard InChI is InChI=1S/C18H29N3O2/c1-13-16(11-19-21(13)15-8-5-6-9-15)18(23)20-17-10-4-2-3-7-14(17)12-22/h11,14-15,17,22H,2-10,12H2,1H3,(H,20,23). The number of amides is 1. The molecule has 0 bridgehead atoms. The minimum absolute atomic E-state index is 0.0305. The molecule has 0 saturated heterocycles. The fourth-order valence-corrected chi connectivity index (χ4v) is 4.20. The molecule has 128 valence electrons. The van der Waals surface area contributed by atoms with E-state index in [1.54, 1.807) is 6.20 Å². The van der Waals surface area contributed by atoms with Crippen LogP contribution in [-0.4, -0.2) is 33.4 Å². The molecule has 1 heterocycles. The molecule has 0 spiro atoms. The van der Waals surface area contributed by atoms with E-state index >= 15 is 0 Å². The van der Waals surface area contributed by atoms with Gasteiger partial charge in [-0.3, -0.25) is 9.48 Å². The average Bonchev–Trinajstić information content (AvgIpc) is 3.13. The molecule has 2 N–H and O–H groups in total. The first-order valence-electron chi connectivity index (χ1n) is 9.16. The molecular weight excluding hydrogens is 290 g/mol. The second-order valence-electron chi connectivity index (χ2n) is 7.19. The van der Waals surface area contributed by atoms with Crippen molar-refractivity contribution in [2.45, 2.75) is 76.8 Å². The summed E-state index contributed by atoms with van der Waals surface area (Å²) in [6.07, 6.45) is 12.0. The highest BCUT2D eigenvalue weighted by Crippen LogP contribution is 2.30. The zero-order valence-corrected chi connectivity index (χ0v) is 14.1. The van der Waals surface area contributed by atoms with E-state index < -0.39 is 0 Å². The molecule has 5 heteroatoms. The third-order valence-corrected chi connectivity index (χ3v) is 5.67. The second kappa shape index (κ2) is 7.47. The highest BCUT2D eigenvalue weighted by Gasteiger charge is 2.27. The molecular formula is C18H29N3O2. The van der Waals surface area contributed by atoms with Crippen molar-refractivity contribution >= 4 is 5.91 Å². The summed E-state index contributed by atoms with van der Waals surface area (Å²) in [5.41, 5.74) is 1.67. The lowest BCUT2D eigenvalue weighted by Crippen LogP contribution is -2.41. The highest BCUT2D eigenvalue weighted by atomic mass is 16.3. The largest absolute Gasteiger partial charge is 0.396 e. The summed E-state index contributed by atoms with van der Waals surface area (Å²) in [4.78, 5) is 12.7. The topological polar surface area (TPSA) is 67.2 Å². The molecule has 3 rings (SSSR count). The van der Waals surface area contributed by atoms with Crippen LogP contribution < -0.4 is 5.32 Å². The van der Waals surface area contributed by atoms with Crippen molar-refractivity contribution in [2.24, 2.45) is 5.92 Å². The van der Waals surface area contributed by atoms with E-state index in [2.05, 4.69) is 10.4 Å². The second-order valence-corrected chi connectivity index (χ2v) is 7.19. The van der Waals surface area contributed by atoms with Crippen LogP contribution in [0.1, 0.15) is 79.9 Å². The fraction of sp³-hybridized carbons (Fsp3) is 0.778. The van der Waals surface area contributed by atoms with Gasteiger partial charge >= 0.3 is 0 Å². The Balaban J connectivity index is 1.70. The van der Waals surface area contributed by atoms with Gasteiger partial charge in [0.15, 0.2) is 0 Å². The van der Waals surface area contributed by atoms with E-state index in [-0.39, 0.29) is 24.5 Å². The number of hydrogen-bond acceptors (Lipinski definition) is 3. The molecule has 2 aliphatic rings. The Labute approximate surface area is 138 Å². The quantitative estimate of drug-likeness (QED) is 0.838. The van der Waals surface area contributed by atoms with Gasteiger partial charge in [-0.05, 0) is 32.6 Å². The zero-order valence-electron chi connectivity index (χ0n) is 14.1. The summed E-state index contributed by atoms with van der Waals surface area (Å²) in [5, 5.41) is 17.2. The lowest BCUT2D eigenvalue weighted by atomic mass is 9.95. The Morgan fingerprint density at radius 2 is 1.91 bits per heavy atom. The van der Waals surface area contributed by atoms with Crippen molar-refractivity contribution in [3.05, 3.63) is 17.5 Å². The number of carbonyl (C=O) groups is 1. The van der Waals surface area contributed by atoms with Crippen molar-refractivity contribution in [3.8, 4) is 0 Å². The first-order chi connectivity index (χ1) is 11.2. The van der Waals surface area contributed by atoms with Crippen LogP contribution in [0.3, 0.4) is 0 Å². The van der Waals surface area contributed by atoms with E-state index in [0.29, 0.717) is 11.6 Å². The van der Waals surface area contributed by atoms with Crippen LogP contribution in [-0.2, 0) is 0 Å². The van der Waals surface area contributed by atoms with E-state index in [4.69, 9.17) is 0 Å². The van der Waals surface area contributed by atoms with Gasteiger partial charge in [0.05, 0.1) is 17.8 Å². The smallest absolute Gasteiger partial charge is 0.254 e. The van der Waals surface area contributed by atoms with E-state index in [1.807, 2.05) is 11.6 Å². The van der Waals surface area contributed by atoms with Crippen molar-refractivity contribution < 1.29 is 9.90 Å². The van der Waals surface area contributed by atoms with Gasteiger partial charge in [-0.2, -0.15) is 5.10 Å². The van der Waals surface area contributed by atoms with Gasteiger partial charge in [0.25, 0.3) is 5.91 Å². The highest BCUT2D eigenvalue weighted by molar-refractivity contribution is 5.95. The van der Waals surface area contributed by atoms with Crippen molar-refractivity contribution in [1.82, 2.24) is 15.1 Å². The number of hydrogen-bond donors (Lipinski definition) is 2. The predicted molar refractivity (Wildman–Crippen MR) is 89.4 cm³/mol. The number of carbonyl (C=O) groups excluding carboxylic acids is 1. The number of nitrogens with one attached hydrogen (secondary N) is 1.